The van der Waals surface area contributed by atoms with Gasteiger partial charge in [0.15, 0.2) is 0 Å². The second-order valence-corrected chi connectivity index (χ2v) is 3.75. The van der Waals surface area contributed by atoms with Crippen LogP contribution in [0.15, 0.2) is 12.4 Å². The first-order chi connectivity index (χ1) is 7.75. The van der Waals surface area contributed by atoms with E-state index in [4.69, 9.17) is 9.84 Å². The van der Waals surface area contributed by atoms with Gasteiger partial charge in [0.1, 0.15) is 0 Å². The van der Waals surface area contributed by atoms with Crippen molar-refractivity contribution in [3.8, 4) is 0 Å². The number of hydrogen-bond acceptors (Lipinski definition) is 4. The first-order valence-corrected chi connectivity index (χ1v) is 5.31. The highest BCUT2D eigenvalue weighted by atomic mass is 35.5. The van der Waals surface area contributed by atoms with Gasteiger partial charge in [-0.1, -0.05) is 0 Å². The normalized spacial score (nSPS) is 15.6. The van der Waals surface area contributed by atoms with E-state index >= 15 is 0 Å². The third-order valence-electron chi connectivity index (χ3n) is 2.63. The summed E-state index contributed by atoms with van der Waals surface area (Å²) in [5.74, 6) is -0.933. The molecule has 2 rings (SSSR count). The highest BCUT2D eigenvalue weighted by molar-refractivity contribution is 5.86. The van der Waals surface area contributed by atoms with Gasteiger partial charge in [0.05, 0.1) is 31.5 Å². The van der Waals surface area contributed by atoms with E-state index < -0.39 is 5.97 Å². The minimum atomic E-state index is -0.933. The van der Waals surface area contributed by atoms with Crippen LogP contribution in [0.1, 0.15) is 10.4 Å². The van der Waals surface area contributed by atoms with Crippen LogP contribution in [0.4, 0.5) is 0 Å². The topological polar surface area (TPSA) is 67.6 Å². The number of halogens is 2. The third-order valence-corrected chi connectivity index (χ3v) is 2.63. The predicted octanol–water partition coefficient (Wildman–Crippen LogP) is 0.757. The Bertz CT molecular complexity index is 367. The van der Waals surface area contributed by atoms with E-state index in [-0.39, 0.29) is 30.4 Å². The summed E-state index contributed by atoms with van der Waals surface area (Å²) >= 11 is 0. The van der Waals surface area contributed by atoms with Crippen LogP contribution in [0.25, 0.3) is 0 Å². The number of carbonyl (C=O) groups is 1. The molecule has 104 valence electrons. The smallest absolute Gasteiger partial charge is 0.338 e. The Kier molecular flexibility index (Phi) is 7.93. The summed E-state index contributed by atoms with van der Waals surface area (Å²) < 4.78 is 6.91. The van der Waals surface area contributed by atoms with Crippen molar-refractivity contribution in [2.45, 2.75) is 6.54 Å². The van der Waals surface area contributed by atoms with Crippen molar-refractivity contribution in [1.29, 1.82) is 0 Å². The predicted molar refractivity (Wildman–Crippen MR) is 70.9 cm³/mol. The molecule has 2 heterocycles. The molecule has 8 heteroatoms. The minimum Gasteiger partial charge on any atom is -0.478 e. The molecule has 0 amide bonds. The highest BCUT2D eigenvalue weighted by Crippen LogP contribution is 2.00. The van der Waals surface area contributed by atoms with E-state index in [1.165, 1.54) is 6.20 Å². The second-order valence-electron chi connectivity index (χ2n) is 3.75. The molecule has 1 fully saturated rings. The SMILES string of the molecule is Cl.Cl.O=C(O)c1cnn(CCN2CCOCC2)c1. The summed E-state index contributed by atoms with van der Waals surface area (Å²) in [4.78, 5) is 12.9. The van der Waals surface area contributed by atoms with Gasteiger partial charge in [0.25, 0.3) is 0 Å². The number of morpholine rings is 1. The summed E-state index contributed by atoms with van der Waals surface area (Å²) in [6, 6.07) is 0. The molecule has 6 nitrogen and oxygen atoms in total. The number of ether oxygens (including phenoxy) is 1. The number of rotatable bonds is 4. The van der Waals surface area contributed by atoms with Crippen molar-refractivity contribution >= 4 is 30.8 Å². The van der Waals surface area contributed by atoms with Crippen LogP contribution in [0.3, 0.4) is 0 Å². The molecule has 0 aromatic carbocycles. The zero-order valence-electron chi connectivity index (χ0n) is 9.82. The number of hydrogen-bond donors (Lipinski definition) is 1. The molecule has 0 radical (unpaired) electrons. The van der Waals surface area contributed by atoms with Crippen LogP contribution in [0.5, 0.6) is 0 Å². The Balaban J connectivity index is 0.00000144. The van der Waals surface area contributed by atoms with E-state index in [1.54, 1.807) is 10.9 Å². The average molecular weight is 298 g/mol. The molecule has 0 bridgehead atoms. The van der Waals surface area contributed by atoms with E-state index in [0.717, 1.165) is 32.8 Å². The number of aromatic nitrogens is 2. The lowest BCUT2D eigenvalue weighted by atomic mass is 10.4. The molecule has 0 atom stereocenters. The quantitative estimate of drug-likeness (QED) is 0.889. The molecule has 1 aromatic heterocycles. The molecular formula is C10H17Cl2N3O3. The van der Waals surface area contributed by atoms with Gasteiger partial charge in [-0.25, -0.2) is 4.79 Å². The Morgan fingerprint density at radius 3 is 2.56 bits per heavy atom. The number of carboxylic acid groups (broad SMARTS) is 1. The molecule has 1 N–H and O–H groups in total. The molecule has 0 aliphatic carbocycles. The number of carboxylic acids is 1. The van der Waals surface area contributed by atoms with Crippen molar-refractivity contribution in [3.63, 3.8) is 0 Å². The van der Waals surface area contributed by atoms with Crippen molar-refractivity contribution in [2.75, 3.05) is 32.8 Å². The Hall–Kier alpha value is -0.820. The molecule has 0 spiro atoms. The van der Waals surface area contributed by atoms with Gasteiger partial charge in [-0.15, -0.1) is 24.8 Å². The maximum absolute atomic E-state index is 10.6. The van der Waals surface area contributed by atoms with E-state index in [2.05, 4.69) is 10.00 Å². The maximum atomic E-state index is 10.6. The van der Waals surface area contributed by atoms with Gasteiger partial charge in [-0.3, -0.25) is 9.58 Å². The third kappa shape index (κ3) is 4.81. The summed E-state index contributed by atoms with van der Waals surface area (Å²) in [7, 11) is 0. The van der Waals surface area contributed by atoms with Gasteiger partial charge < -0.3 is 9.84 Å². The van der Waals surface area contributed by atoms with E-state index in [9.17, 15) is 4.79 Å². The monoisotopic (exact) mass is 297 g/mol. The van der Waals surface area contributed by atoms with Crippen LogP contribution < -0.4 is 0 Å². The largest absolute Gasteiger partial charge is 0.478 e. The molecule has 1 aromatic rings. The fourth-order valence-corrected chi connectivity index (χ4v) is 1.66. The Labute approximate surface area is 118 Å². The van der Waals surface area contributed by atoms with Gasteiger partial charge in [0.2, 0.25) is 0 Å². The van der Waals surface area contributed by atoms with Crippen molar-refractivity contribution < 1.29 is 14.6 Å². The lowest BCUT2D eigenvalue weighted by Crippen LogP contribution is -2.38. The number of aromatic carboxylic acids is 1. The lowest BCUT2D eigenvalue weighted by molar-refractivity contribution is 0.0359. The van der Waals surface area contributed by atoms with Crippen LogP contribution in [-0.4, -0.2) is 58.6 Å². The first kappa shape index (κ1) is 17.2. The molecular weight excluding hydrogens is 281 g/mol. The van der Waals surface area contributed by atoms with E-state index in [0.29, 0.717) is 6.54 Å². The fraction of sp³-hybridized carbons (Fsp3) is 0.600. The van der Waals surface area contributed by atoms with Gasteiger partial charge in [-0.05, 0) is 0 Å². The Morgan fingerprint density at radius 2 is 2.00 bits per heavy atom. The summed E-state index contributed by atoms with van der Waals surface area (Å²) in [5.41, 5.74) is 0.238. The van der Waals surface area contributed by atoms with E-state index in [1.807, 2.05) is 0 Å². The van der Waals surface area contributed by atoms with Gasteiger partial charge in [-0.2, -0.15) is 5.10 Å². The summed E-state index contributed by atoms with van der Waals surface area (Å²) in [6.07, 6.45) is 2.93. The molecule has 0 unspecified atom stereocenters. The Morgan fingerprint density at radius 1 is 1.33 bits per heavy atom. The van der Waals surface area contributed by atoms with Crippen molar-refractivity contribution in [1.82, 2.24) is 14.7 Å². The zero-order chi connectivity index (χ0) is 11.4. The average Bonchev–Trinajstić information content (AvgIpc) is 2.76. The molecule has 1 aliphatic heterocycles. The molecule has 1 saturated heterocycles. The summed E-state index contributed by atoms with van der Waals surface area (Å²) in [5, 5.41) is 12.7. The molecule has 18 heavy (non-hydrogen) atoms. The zero-order valence-corrected chi connectivity index (χ0v) is 11.5. The van der Waals surface area contributed by atoms with Crippen LogP contribution >= 0.6 is 24.8 Å². The maximum Gasteiger partial charge on any atom is 0.338 e. The summed E-state index contributed by atoms with van der Waals surface area (Å²) in [6.45, 7) is 5.02. The van der Waals surface area contributed by atoms with Gasteiger partial charge >= 0.3 is 5.97 Å². The minimum absolute atomic E-state index is 0. The second kappa shape index (κ2) is 8.31. The lowest BCUT2D eigenvalue weighted by Gasteiger charge is -2.26. The van der Waals surface area contributed by atoms with Crippen molar-refractivity contribution in [3.05, 3.63) is 18.0 Å². The highest BCUT2D eigenvalue weighted by Gasteiger charge is 2.11. The van der Waals surface area contributed by atoms with Crippen LogP contribution in [0, 0.1) is 0 Å². The fourth-order valence-electron chi connectivity index (χ4n) is 1.66. The molecule has 1 aliphatic rings. The standard InChI is InChI=1S/C10H15N3O3.2ClH/c14-10(15)9-7-11-13(8-9)2-1-12-3-5-16-6-4-12;;/h7-8H,1-6H2,(H,14,15);2*1H. The van der Waals surface area contributed by atoms with Crippen LogP contribution in [0.2, 0.25) is 0 Å². The van der Waals surface area contributed by atoms with Crippen LogP contribution in [-0.2, 0) is 11.3 Å². The van der Waals surface area contributed by atoms with Gasteiger partial charge in [0, 0.05) is 25.8 Å². The first-order valence-electron chi connectivity index (χ1n) is 5.31. The number of nitrogens with zero attached hydrogens (tertiary/aromatic N) is 3. The molecule has 0 saturated carbocycles. The van der Waals surface area contributed by atoms with Crippen molar-refractivity contribution in [2.24, 2.45) is 0 Å².